The van der Waals surface area contributed by atoms with Crippen molar-refractivity contribution in [1.29, 1.82) is 0 Å². The van der Waals surface area contributed by atoms with Gasteiger partial charge in [-0.15, -0.1) is 5.10 Å². The number of hydrogen-bond donors (Lipinski definition) is 1. The van der Waals surface area contributed by atoms with Crippen LogP contribution >= 0.6 is 0 Å². The molecule has 118 valence electrons. The van der Waals surface area contributed by atoms with Gasteiger partial charge in [0.1, 0.15) is 0 Å². The summed E-state index contributed by atoms with van der Waals surface area (Å²) < 4.78 is 38.9. The van der Waals surface area contributed by atoms with Crippen molar-refractivity contribution in [3.05, 3.63) is 35.7 Å². The zero-order chi connectivity index (χ0) is 16.3. The van der Waals surface area contributed by atoms with Gasteiger partial charge >= 0.3 is 6.18 Å². The highest BCUT2D eigenvalue weighted by Crippen LogP contribution is 2.29. The Labute approximate surface area is 123 Å². The van der Waals surface area contributed by atoms with Crippen LogP contribution in [0.2, 0.25) is 0 Å². The summed E-state index contributed by atoms with van der Waals surface area (Å²) >= 11 is 0. The lowest BCUT2D eigenvalue weighted by Gasteiger charge is -2.14. The smallest absolute Gasteiger partial charge is 0.369 e. The molecule has 2 rings (SSSR count). The Morgan fingerprint density at radius 2 is 1.95 bits per heavy atom. The fourth-order valence-corrected chi connectivity index (χ4v) is 1.86. The number of nitrogens with zero attached hydrogens (tertiary/aromatic N) is 5. The molecule has 0 aliphatic heterocycles. The first kappa shape index (κ1) is 15.9. The standard InChI is InChI=1S/C12H13F3N6O/c1-20(6-10(16)22)7-11-17-18-19-21(11)9-4-2-8(3-5-9)12(13,14)15/h2-5H,6-7H2,1H3,(H2,16,22). The number of rotatable bonds is 5. The van der Waals surface area contributed by atoms with Crippen LogP contribution in [0.25, 0.3) is 5.69 Å². The van der Waals surface area contributed by atoms with Crippen molar-refractivity contribution in [1.82, 2.24) is 25.1 Å². The molecule has 0 aliphatic carbocycles. The molecule has 0 saturated heterocycles. The number of carbonyl (C=O) groups excluding carboxylic acids is 1. The molecule has 0 atom stereocenters. The molecule has 0 saturated carbocycles. The van der Waals surface area contributed by atoms with Crippen LogP contribution in [0, 0.1) is 0 Å². The Hall–Kier alpha value is -2.49. The number of carbonyl (C=O) groups is 1. The van der Waals surface area contributed by atoms with Crippen molar-refractivity contribution >= 4 is 5.91 Å². The molecule has 0 unspecified atom stereocenters. The number of alkyl halides is 3. The predicted octanol–water partition coefficient (Wildman–Crippen LogP) is 0.598. The van der Waals surface area contributed by atoms with Crippen molar-refractivity contribution in [3.8, 4) is 5.69 Å². The third kappa shape index (κ3) is 3.79. The van der Waals surface area contributed by atoms with Gasteiger partial charge in [-0.3, -0.25) is 9.69 Å². The Kier molecular flexibility index (Phi) is 4.40. The van der Waals surface area contributed by atoms with Gasteiger partial charge < -0.3 is 5.73 Å². The first-order valence-electron chi connectivity index (χ1n) is 6.19. The van der Waals surface area contributed by atoms with Crippen molar-refractivity contribution < 1.29 is 18.0 Å². The third-order valence-electron chi connectivity index (χ3n) is 2.81. The van der Waals surface area contributed by atoms with Crippen molar-refractivity contribution in [3.63, 3.8) is 0 Å². The summed E-state index contributed by atoms with van der Waals surface area (Å²) in [6.07, 6.45) is -4.40. The van der Waals surface area contributed by atoms with E-state index in [0.29, 0.717) is 11.5 Å². The van der Waals surface area contributed by atoms with Gasteiger partial charge in [0.05, 0.1) is 24.3 Å². The monoisotopic (exact) mass is 314 g/mol. The molecule has 22 heavy (non-hydrogen) atoms. The van der Waals surface area contributed by atoms with Crippen LogP contribution in [0.3, 0.4) is 0 Å². The van der Waals surface area contributed by atoms with E-state index >= 15 is 0 Å². The molecular weight excluding hydrogens is 301 g/mol. The molecule has 0 bridgehead atoms. The maximum Gasteiger partial charge on any atom is 0.416 e. The maximum absolute atomic E-state index is 12.5. The molecule has 2 N–H and O–H groups in total. The van der Waals surface area contributed by atoms with Crippen molar-refractivity contribution in [2.75, 3.05) is 13.6 Å². The van der Waals surface area contributed by atoms with E-state index < -0.39 is 17.6 Å². The van der Waals surface area contributed by atoms with E-state index in [0.717, 1.165) is 12.1 Å². The van der Waals surface area contributed by atoms with Crippen LogP contribution in [0.15, 0.2) is 24.3 Å². The van der Waals surface area contributed by atoms with E-state index in [2.05, 4.69) is 15.5 Å². The summed E-state index contributed by atoms with van der Waals surface area (Å²) in [5.74, 6) is -0.125. The van der Waals surface area contributed by atoms with Gasteiger partial charge in [0.2, 0.25) is 5.91 Å². The summed E-state index contributed by atoms with van der Waals surface area (Å²) in [4.78, 5) is 12.4. The van der Waals surface area contributed by atoms with Crippen LogP contribution in [0.4, 0.5) is 13.2 Å². The Morgan fingerprint density at radius 3 is 2.50 bits per heavy atom. The molecule has 10 heteroatoms. The number of hydrogen-bond acceptors (Lipinski definition) is 5. The van der Waals surface area contributed by atoms with E-state index in [-0.39, 0.29) is 13.1 Å². The second kappa shape index (κ2) is 6.10. The number of tetrazole rings is 1. The van der Waals surface area contributed by atoms with Crippen LogP contribution in [-0.2, 0) is 17.5 Å². The molecule has 0 fully saturated rings. The van der Waals surface area contributed by atoms with Crippen LogP contribution in [-0.4, -0.2) is 44.6 Å². The van der Waals surface area contributed by atoms with Crippen LogP contribution in [0.1, 0.15) is 11.4 Å². The Bertz CT molecular complexity index is 652. The molecule has 0 spiro atoms. The largest absolute Gasteiger partial charge is 0.416 e. The van der Waals surface area contributed by atoms with Gasteiger partial charge in [0, 0.05) is 0 Å². The predicted molar refractivity (Wildman–Crippen MR) is 69.7 cm³/mol. The average molecular weight is 314 g/mol. The minimum absolute atomic E-state index is 0.0138. The average Bonchev–Trinajstić information content (AvgIpc) is 2.84. The van der Waals surface area contributed by atoms with Gasteiger partial charge in [-0.2, -0.15) is 17.9 Å². The van der Waals surface area contributed by atoms with Gasteiger partial charge in [0.25, 0.3) is 0 Å². The molecule has 7 nitrogen and oxygen atoms in total. The molecule has 0 radical (unpaired) electrons. The molecule has 2 aromatic rings. The minimum Gasteiger partial charge on any atom is -0.369 e. The quantitative estimate of drug-likeness (QED) is 0.873. The fourth-order valence-electron chi connectivity index (χ4n) is 1.86. The lowest BCUT2D eigenvalue weighted by Crippen LogP contribution is -2.31. The van der Waals surface area contributed by atoms with E-state index in [4.69, 9.17) is 5.73 Å². The summed E-state index contributed by atoms with van der Waals surface area (Å²) in [5, 5.41) is 11.0. The second-order valence-electron chi connectivity index (χ2n) is 4.69. The summed E-state index contributed by atoms with van der Waals surface area (Å²) in [6.45, 7) is 0.233. The molecule has 1 aromatic heterocycles. The summed E-state index contributed by atoms with van der Waals surface area (Å²) in [7, 11) is 1.65. The molecule has 0 aliphatic rings. The van der Waals surface area contributed by atoms with E-state index in [1.165, 1.54) is 16.8 Å². The Balaban J connectivity index is 2.20. The van der Waals surface area contributed by atoms with Gasteiger partial charge in [-0.05, 0) is 41.7 Å². The number of aromatic nitrogens is 4. The van der Waals surface area contributed by atoms with Gasteiger partial charge in [-0.1, -0.05) is 0 Å². The highest BCUT2D eigenvalue weighted by Gasteiger charge is 2.30. The fraction of sp³-hybridized carbons (Fsp3) is 0.333. The first-order chi connectivity index (χ1) is 10.3. The summed E-state index contributed by atoms with van der Waals surface area (Å²) in [6, 6.07) is 4.45. The van der Waals surface area contributed by atoms with Crippen LogP contribution < -0.4 is 5.73 Å². The first-order valence-corrected chi connectivity index (χ1v) is 6.19. The van der Waals surface area contributed by atoms with Crippen LogP contribution in [0.5, 0.6) is 0 Å². The second-order valence-corrected chi connectivity index (χ2v) is 4.69. The Morgan fingerprint density at radius 1 is 1.32 bits per heavy atom. The number of amides is 1. The number of primary amides is 1. The normalized spacial score (nSPS) is 11.9. The minimum atomic E-state index is -4.40. The van der Waals surface area contributed by atoms with E-state index in [9.17, 15) is 18.0 Å². The number of nitrogens with two attached hydrogens (primary N) is 1. The SMILES string of the molecule is CN(CC(N)=O)Cc1nnnn1-c1ccc(C(F)(F)F)cc1. The zero-order valence-corrected chi connectivity index (χ0v) is 11.6. The van der Waals surface area contributed by atoms with Crippen molar-refractivity contribution in [2.24, 2.45) is 5.73 Å². The highest BCUT2D eigenvalue weighted by molar-refractivity contribution is 5.75. The molecule has 1 heterocycles. The van der Waals surface area contributed by atoms with E-state index in [1.54, 1.807) is 11.9 Å². The van der Waals surface area contributed by atoms with E-state index in [1.807, 2.05) is 0 Å². The van der Waals surface area contributed by atoms with Gasteiger partial charge in [-0.25, -0.2) is 0 Å². The molecule has 1 amide bonds. The zero-order valence-electron chi connectivity index (χ0n) is 11.6. The number of benzene rings is 1. The third-order valence-corrected chi connectivity index (χ3v) is 2.81. The lowest BCUT2D eigenvalue weighted by atomic mass is 10.2. The highest BCUT2D eigenvalue weighted by atomic mass is 19.4. The lowest BCUT2D eigenvalue weighted by molar-refractivity contribution is -0.137. The maximum atomic E-state index is 12.5. The number of halogens is 3. The summed E-state index contributed by atoms with van der Waals surface area (Å²) in [5.41, 5.74) is 4.72. The topological polar surface area (TPSA) is 89.9 Å². The molecule has 1 aromatic carbocycles. The van der Waals surface area contributed by atoms with Crippen molar-refractivity contribution in [2.45, 2.75) is 12.7 Å². The number of likely N-dealkylation sites (N-methyl/N-ethyl adjacent to an activating group) is 1. The van der Waals surface area contributed by atoms with Gasteiger partial charge in [0.15, 0.2) is 5.82 Å². The molecular formula is C12H13F3N6O.